The lowest BCUT2D eigenvalue weighted by molar-refractivity contribution is -0.150. The Labute approximate surface area is 364 Å². The van der Waals surface area contributed by atoms with Gasteiger partial charge < -0.3 is 62.5 Å². The summed E-state index contributed by atoms with van der Waals surface area (Å²) in [6.45, 7) is 8.06. The van der Waals surface area contributed by atoms with Gasteiger partial charge in [-0.05, 0) is 70.4 Å². The molecule has 3 rings (SSSR count). The fourth-order valence-electron chi connectivity index (χ4n) is 5.78. The largest absolute Gasteiger partial charge is 0.493 e. The molecule has 1 fully saturated rings. The van der Waals surface area contributed by atoms with Gasteiger partial charge >= 0.3 is 25.6 Å². The standard InChI is InChI=1S/C38H61N10O14P/c1-22(2)28(34(53)58-20-23-12-7-6-8-13-23)46-32(52)25(44-31(51)24(39)14-9-10-17-43-37(55)61-38(3,4)5)15-11-18-42-35(41)47-62-63(56,57)59-21-26-29(49)30(50)33(60-26)48-19-16-27(40)45-36(48)54/h6-8,12-13,16,19,22,24-26,28-30,33,49-50H,9-11,14-15,17-18,20-21,39H2,1-5H3,(H,43,55)(H,44,51)(H,46,52)(H,56,57)(H2,40,45,54)(H3,41,42,47)/t24?,25?,26-,28?,29-,30-,33-/m1/s1. The van der Waals surface area contributed by atoms with Crippen LogP contribution < -0.4 is 44.3 Å². The van der Waals surface area contributed by atoms with Crippen molar-refractivity contribution < 1.29 is 62.2 Å². The Morgan fingerprint density at radius 3 is 2.37 bits per heavy atom. The number of amides is 3. The minimum Gasteiger partial charge on any atom is -0.459 e. The van der Waals surface area contributed by atoms with Crippen molar-refractivity contribution in [2.45, 2.75) is 122 Å². The Bertz CT molecular complexity index is 1950. The lowest BCUT2D eigenvalue weighted by Crippen LogP contribution is -2.55. The summed E-state index contributed by atoms with van der Waals surface area (Å²) in [5.41, 5.74) is 18.6. The molecule has 2 aromatic rings. The molecular formula is C38H61N10O14P. The fourth-order valence-corrected chi connectivity index (χ4v) is 6.38. The summed E-state index contributed by atoms with van der Waals surface area (Å²) in [6.07, 6.45) is -4.19. The Morgan fingerprint density at radius 2 is 1.71 bits per heavy atom. The van der Waals surface area contributed by atoms with E-state index >= 15 is 0 Å². The lowest BCUT2D eigenvalue weighted by Gasteiger charge is -2.25. The number of carbonyl (C=O) groups is 4. The molecule has 1 aliphatic heterocycles. The van der Waals surface area contributed by atoms with E-state index in [1.165, 1.54) is 12.3 Å². The monoisotopic (exact) mass is 912 g/mol. The molecule has 0 saturated carbocycles. The third-order valence-corrected chi connectivity index (χ3v) is 9.88. The molecule has 0 spiro atoms. The van der Waals surface area contributed by atoms with E-state index in [1.54, 1.807) is 58.9 Å². The number of rotatable bonds is 23. The number of aliphatic hydroxyl groups excluding tert-OH is 2. The van der Waals surface area contributed by atoms with Crippen LogP contribution in [-0.2, 0) is 48.9 Å². The molecule has 0 bridgehead atoms. The van der Waals surface area contributed by atoms with Crippen LogP contribution in [-0.4, -0.2) is 116 Å². The number of nitrogens with two attached hydrogens (primary N) is 3. The zero-order chi connectivity index (χ0) is 46.9. The highest BCUT2D eigenvalue weighted by Crippen LogP contribution is 2.43. The molecule has 2 heterocycles. The molecule has 1 aromatic carbocycles. The zero-order valence-electron chi connectivity index (χ0n) is 35.9. The molecular weight excluding hydrogens is 851 g/mol. The van der Waals surface area contributed by atoms with Gasteiger partial charge in [0.05, 0.1) is 12.6 Å². The van der Waals surface area contributed by atoms with Crippen molar-refractivity contribution in [2.24, 2.45) is 22.4 Å². The molecule has 3 amide bonds. The fraction of sp³-hybridized carbons (Fsp3) is 0.605. The normalized spacial score (nSPS) is 20.2. The van der Waals surface area contributed by atoms with Gasteiger partial charge in [-0.3, -0.25) is 23.7 Å². The number of nitrogens with zero attached hydrogens (tertiary/aromatic N) is 3. The van der Waals surface area contributed by atoms with Gasteiger partial charge in [0, 0.05) is 19.3 Å². The van der Waals surface area contributed by atoms with Gasteiger partial charge in [-0.25, -0.2) is 24.4 Å². The van der Waals surface area contributed by atoms with Crippen molar-refractivity contribution >= 4 is 43.5 Å². The van der Waals surface area contributed by atoms with E-state index in [9.17, 15) is 43.6 Å². The first kappa shape index (κ1) is 52.1. The topological polar surface area (TPSA) is 366 Å². The third-order valence-electron chi connectivity index (χ3n) is 9.09. The number of phosphoric ester groups is 1. The van der Waals surface area contributed by atoms with E-state index in [-0.39, 0.29) is 44.8 Å². The number of alkyl carbamates (subject to hydrolysis) is 1. The number of benzene rings is 1. The third kappa shape index (κ3) is 18.2. The van der Waals surface area contributed by atoms with Gasteiger partial charge in [0.15, 0.2) is 6.23 Å². The molecule has 1 aliphatic rings. The van der Waals surface area contributed by atoms with Gasteiger partial charge in [0.2, 0.25) is 17.8 Å². The van der Waals surface area contributed by atoms with E-state index in [1.807, 2.05) is 11.5 Å². The number of hydroxylamine groups is 1. The Hall–Kier alpha value is -5.20. The first-order chi connectivity index (χ1) is 29.6. The second-order valence-corrected chi connectivity index (χ2v) is 17.2. The molecule has 63 heavy (non-hydrogen) atoms. The maximum absolute atomic E-state index is 13.7. The number of guanidine groups is 1. The Kier molecular flexibility index (Phi) is 20.4. The van der Waals surface area contributed by atoms with Crippen LogP contribution in [0, 0.1) is 5.92 Å². The van der Waals surface area contributed by atoms with Crippen molar-refractivity contribution in [3.8, 4) is 0 Å². The minimum absolute atomic E-state index is 0.0222. The number of phosphoric acid groups is 1. The van der Waals surface area contributed by atoms with Crippen LogP contribution in [0.15, 0.2) is 52.4 Å². The number of esters is 1. The van der Waals surface area contributed by atoms with Crippen molar-refractivity contribution in [2.75, 3.05) is 25.4 Å². The van der Waals surface area contributed by atoms with Gasteiger partial charge in [-0.1, -0.05) is 44.2 Å². The number of anilines is 1. The number of hydrogen-bond acceptors (Lipinski definition) is 17. The van der Waals surface area contributed by atoms with E-state index < -0.39 is 104 Å². The number of aromatic nitrogens is 2. The molecule has 8 atom stereocenters. The minimum atomic E-state index is -4.94. The second-order valence-electron chi connectivity index (χ2n) is 15.9. The summed E-state index contributed by atoms with van der Waals surface area (Å²) in [5.74, 6) is -2.98. The van der Waals surface area contributed by atoms with Gasteiger partial charge in [0.1, 0.15) is 48.4 Å². The molecule has 24 nitrogen and oxygen atoms in total. The van der Waals surface area contributed by atoms with Crippen LogP contribution in [0.25, 0.3) is 0 Å². The number of aliphatic imine (C=N–C) groups is 1. The highest BCUT2D eigenvalue weighted by atomic mass is 31.2. The molecule has 0 aliphatic carbocycles. The van der Waals surface area contributed by atoms with E-state index in [2.05, 4.69) is 30.6 Å². The summed E-state index contributed by atoms with van der Waals surface area (Å²) < 4.78 is 39.1. The predicted octanol–water partition coefficient (Wildman–Crippen LogP) is -0.431. The highest BCUT2D eigenvalue weighted by Gasteiger charge is 2.45. The number of nitrogens with one attached hydrogen (secondary N) is 4. The molecule has 0 radical (unpaired) electrons. The smallest absolute Gasteiger partial charge is 0.459 e. The first-order valence-electron chi connectivity index (χ1n) is 20.2. The van der Waals surface area contributed by atoms with Crippen LogP contribution in [0.4, 0.5) is 10.6 Å². The Morgan fingerprint density at radius 1 is 1.02 bits per heavy atom. The average Bonchev–Trinajstić information content (AvgIpc) is 3.49. The summed E-state index contributed by atoms with van der Waals surface area (Å²) in [5, 5.41) is 28.7. The molecule has 13 N–H and O–H groups in total. The number of unbranched alkanes of at least 4 members (excludes halogenated alkanes) is 1. The molecule has 4 unspecified atom stereocenters. The highest BCUT2D eigenvalue weighted by molar-refractivity contribution is 7.47. The molecule has 1 aromatic heterocycles. The van der Waals surface area contributed by atoms with Gasteiger partial charge in [0.25, 0.3) is 0 Å². The molecule has 1 saturated heterocycles. The van der Waals surface area contributed by atoms with Crippen LogP contribution in [0.1, 0.15) is 78.5 Å². The Balaban J connectivity index is 1.56. The van der Waals surface area contributed by atoms with Crippen molar-refractivity contribution in [3.63, 3.8) is 0 Å². The zero-order valence-corrected chi connectivity index (χ0v) is 36.8. The van der Waals surface area contributed by atoms with Crippen LogP contribution in [0.2, 0.25) is 0 Å². The number of aliphatic hydroxyl groups is 2. The van der Waals surface area contributed by atoms with Crippen LogP contribution in [0.3, 0.4) is 0 Å². The average molecular weight is 913 g/mol. The number of ether oxygens (including phenoxy) is 3. The van der Waals surface area contributed by atoms with E-state index in [0.29, 0.717) is 12.8 Å². The molecule has 25 heteroatoms. The summed E-state index contributed by atoms with van der Waals surface area (Å²) in [4.78, 5) is 81.7. The van der Waals surface area contributed by atoms with Crippen LogP contribution in [0.5, 0.6) is 0 Å². The van der Waals surface area contributed by atoms with E-state index in [4.69, 9.17) is 35.9 Å². The molecule has 352 valence electrons. The van der Waals surface area contributed by atoms with Crippen molar-refractivity contribution in [1.29, 1.82) is 0 Å². The number of nitrogen functional groups attached to an aromatic ring is 1. The maximum atomic E-state index is 13.7. The first-order valence-corrected chi connectivity index (χ1v) is 21.7. The van der Waals surface area contributed by atoms with Gasteiger partial charge in [-0.15, -0.1) is 0 Å². The SMILES string of the molecule is CC(C)C(NC(=O)C(CCCN=C(N)NOP(=O)(O)OC[C@H]1O[C@@H](n2ccc(N)nc2=O)[C@H](O)[C@@H]1O)NC(=O)C(N)CCCCNC(=O)OC(C)(C)C)C(=O)OCc1ccccc1. The van der Waals surface area contributed by atoms with E-state index in [0.717, 1.165) is 10.1 Å². The predicted molar refractivity (Wildman–Crippen MR) is 226 cm³/mol. The van der Waals surface area contributed by atoms with Gasteiger partial charge in [-0.2, -0.15) is 9.61 Å². The van der Waals surface area contributed by atoms with Crippen molar-refractivity contribution in [1.82, 2.24) is 31.0 Å². The summed E-state index contributed by atoms with van der Waals surface area (Å²) >= 11 is 0. The quantitative estimate of drug-likeness (QED) is 0.0169. The maximum Gasteiger partial charge on any atom is 0.493 e. The van der Waals surface area contributed by atoms with Crippen molar-refractivity contribution in [3.05, 3.63) is 58.6 Å². The second kappa shape index (κ2) is 24.6. The lowest BCUT2D eigenvalue weighted by atomic mass is 10.0. The number of hydrogen-bond donors (Lipinski definition) is 10. The number of carbonyl (C=O) groups excluding carboxylic acids is 4. The summed E-state index contributed by atoms with van der Waals surface area (Å²) in [6, 6.07) is 6.94. The van der Waals surface area contributed by atoms with Crippen LogP contribution >= 0.6 is 7.82 Å². The summed E-state index contributed by atoms with van der Waals surface area (Å²) in [7, 11) is -4.94.